The van der Waals surface area contributed by atoms with Gasteiger partial charge in [-0.25, -0.2) is 14.4 Å². The van der Waals surface area contributed by atoms with E-state index < -0.39 is 85.9 Å². The first-order valence-electron chi connectivity index (χ1n) is 18.4. The van der Waals surface area contributed by atoms with Crippen LogP contribution in [0.1, 0.15) is 31.8 Å². The predicted molar refractivity (Wildman–Crippen MR) is 203 cm³/mol. The fourth-order valence-electron chi connectivity index (χ4n) is 6.59. The Bertz CT molecular complexity index is 1970. The second-order valence-corrected chi connectivity index (χ2v) is 13.2. The Labute approximate surface area is 334 Å². The number of aliphatic hydroxyl groups is 1. The molecule has 0 aromatic heterocycles. The molecule has 0 bridgehead atoms. The zero-order valence-electron chi connectivity index (χ0n) is 31.6. The van der Waals surface area contributed by atoms with Crippen LogP contribution in [0.25, 0.3) is 10.4 Å². The highest BCUT2D eigenvalue weighted by Crippen LogP contribution is 2.35. The zero-order chi connectivity index (χ0) is 40.9. The van der Waals surface area contributed by atoms with Gasteiger partial charge in [0.15, 0.2) is 24.8 Å². The van der Waals surface area contributed by atoms with Crippen molar-refractivity contribution in [1.29, 1.82) is 0 Å². The molecule has 304 valence electrons. The third kappa shape index (κ3) is 10.4. The maximum atomic E-state index is 13.7. The second kappa shape index (κ2) is 20.7. The number of carbonyl (C=O) groups is 3. The van der Waals surface area contributed by atoms with Crippen LogP contribution in [0.5, 0.6) is 0 Å². The molecule has 4 aromatic rings. The molecule has 4 unspecified atom stereocenters. The average Bonchev–Trinajstić information content (AvgIpc) is 3.27. The standard InChI is InChI=1S/C42H43N3O13/c1-50-40(49)36-32(46)35(53-24-27-17-9-4-10-18-27)37(56-39(48)29-21-13-6-14-22-29)42(58-36)57-33-30(25-54-38(47)28-19-11-5-12-20-28)55-41(51-2)31(44-45-43)34(33)52-23-26-15-7-3-8-16-26/h3-22,30-37,41-42,46H,23-25H2,1-2H3/t30?,31?,32-,33+,34-,35+,36?,37?,41-,42+/m0/s1. The lowest BCUT2D eigenvalue weighted by Crippen LogP contribution is -2.66. The molecular weight excluding hydrogens is 754 g/mol. The number of aliphatic hydroxyl groups excluding tert-OH is 1. The summed E-state index contributed by atoms with van der Waals surface area (Å²) in [5.41, 5.74) is 11.6. The minimum absolute atomic E-state index is 0.0139. The molecule has 2 saturated heterocycles. The van der Waals surface area contributed by atoms with Crippen LogP contribution in [0.3, 0.4) is 0 Å². The Morgan fingerprint density at radius 1 is 0.690 bits per heavy atom. The van der Waals surface area contributed by atoms with Gasteiger partial charge < -0.3 is 47.7 Å². The van der Waals surface area contributed by atoms with Gasteiger partial charge in [-0.3, -0.25) is 0 Å². The van der Waals surface area contributed by atoms with Gasteiger partial charge in [-0.2, -0.15) is 0 Å². The van der Waals surface area contributed by atoms with E-state index in [1.54, 1.807) is 72.8 Å². The van der Waals surface area contributed by atoms with Gasteiger partial charge in [0.05, 0.1) is 31.5 Å². The summed E-state index contributed by atoms with van der Waals surface area (Å²) in [5.74, 6) is -2.47. The molecule has 2 aliphatic rings. The molecule has 2 heterocycles. The van der Waals surface area contributed by atoms with Crippen LogP contribution in [0.2, 0.25) is 0 Å². The largest absolute Gasteiger partial charge is 0.467 e. The van der Waals surface area contributed by atoms with Gasteiger partial charge in [0.25, 0.3) is 0 Å². The van der Waals surface area contributed by atoms with Crippen LogP contribution in [-0.2, 0) is 60.6 Å². The van der Waals surface area contributed by atoms with E-state index >= 15 is 0 Å². The fraction of sp³-hybridized carbons (Fsp3) is 0.357. The van der Waals surface area contributed by atoms with Gasteiger partial charge in [-0.1, -0.05) is 102 Å². The molecule has 2 fully saturated rings. The number of hydrogen-bond donors (Lipinski definition) is 1. The number of esters is 3. The summed E-state index contributed by atoms with van der Waals surface area (Å²) < 4.78 is 54.1. The normalized spacial score (nSPS) is 26.7. The van der Waals surface area contributed by atoms with Crippen molar-refractivity contribution in [2.75, 3.05) is 20.8 Å². The van der Waals surface area contributed by atoms with E-state index in [9.17, 15) is 25.0 Å². The number of hydrogen-bond acceptors (Lipinski definition) is 14. The van der Waals surface area contributed by atoms with Gasteiger partial charge in [0, 0.05) is 12.0 Å². The molecule has 0 saturated carbocycles. The van der Waals surface area contributed by atoms with E-state index in [1.165, 1.54) is 19.2 Å². The molecule has 2 aliphatic heterocycles. The predicted octanol–water partition coefficient (Wildman–Crippen LogP) is 4.93. The molecular formula is C42H43N3O13. The monoisotopic (exact) mass is 797 g/mol. The highest BCUT2D eigenvalue weighted by Gasteiger charge is 2.56. The smallest absolute Gasteiger partial charge is 0.338 e. The summed E-state index contributed by atoms with van der Waals surface area (Å²) in [7, 11) is 2.46. The van der Waals surface area contributed by atoms with E-state index in [0.29, 0.717) is 5.56 Å². The number of azide groups is 1. The average molecular weight is 798 g/mol. The first kappa shape index (κ1) is 41.9. The highest BCUT2D eigenvalue weighted by atomic mass is 16.8. The minimum atomic E-state index is -1.73. The maximum Gasteiger partial charge on any atom is 0.338 e. The van der Waals surface area contributed by atoms with Crippen LogP contribution in [0, 0.1) is 0 Å². The van der Waals surface area contributed by atoms with Gasteiger partial charge in [-0.15, -0.1) is 0 Å². The van der Waals surface area contributed by atoms with E-state index in [2.05, 4.69) is 10.0 Å². The van der Waals surface area contributed by atoms with E-state index in [4.69, 9.17) is 42.6 Å². The molecule has 16 heteroatoms. The highest BCUT2D eigenvalue weighted by molar-refractivity contribution is 5.90. The molecule has 1 N–H and O–H groups in total. The number of nitrogens with zero attached hydrogens (tertiary/aromatic N) is 3. The van der Waals surface area contributed by atoms with Crippen molar-refractivity contribution in [2.24, 2.45) is 5.11 Å². The first-order valence-corrected chi connectivity index (χ1v) is 18.4. The number of methoxy groups -OCH3 is 2. The van der Waals surface area contributed by atoms with Crippen molar-refractivity contribution in [3.63, 3.8) is 0 Å². The first-order chi connectivity index (χ1) is 28.3. The second-order valence-electron chi connectivity index (χ2n) is 13.2. The third-order valence-electron chi connectivity index (χ3n) is 9.49. The Morgan fingerprint density at radius 3 is 1.76 bits per heavy atom. The van der Waals surface area contributed by atoms with Crippen molar-refractivity contribution < 1.29 is 62.1 Å². The number of ether oxygens (including phenoxy) is 9. The lowest BCUT2D eigenvalue weighted by atomic mass is 9.95. The van der Waals surface area contributed by atoms with Crippen molar-refractivity contribution in [3.05, 3.63) is 154 Å². The summed E-state index contributed by atoms with van der Waals surface area (Å²) in [6, 6.07) is 33.3. The topological polar surface area (TPSA) is 203 Å². The van der Waals surface area contributed by atoms with Gasteiger partial charge in [0.2, 0.25) is 0 Å². The van der Waals surface area contributed by atoms with Crippen molar-refractivity contribution in [2.45, 2.75) is 74.6 Å². The van der Waals surface area contributed by atoms with Crippen molar-refractivity contribution in [1.82, 2.24) is 0 Å². The maximum absolute atomic E-state index is 13.7. The number of carbonyl (C=O) groups excluding carboxylic acids is 3. The van der Waals surface area contributed by atoms with E-state index in [0.717, 1.165) is 12.7 Å². The third-order valence-corrected chi connectivity index (χ3v) is 9.49. The van der Waals surface area contributed by atoms with Gasteiger partial charge >= 0.3 is 17.9 Å². The number of rotatable bonds is 16. The lowest BCUT2D eigenvalue weighted by Gasteiger charge is -2.48. The Morgan fingerprint density at radius 2 is 1.22 bits per heavy atom. The van der Waals surface area contributed by atoms with E-state index in [1.807, 2.05) is 36.4 Å². The van der Waals surface area contributed by atoms with Gasteiger partial charge in [-0.05, 0) is 40.9 Å². The van der Waals surface area contributed by atoms with E-state index in [-0.39, 0.29) is 24.3 Å². The molecule has 0 spiro atoms. The fourth-order valence-corrected chi connectivity index (χ4v) is 6.59. The summed E-state index contributed by atoms with van der Waals surface area (Å²) in [5, 5.41) is 15.6. The molecule has 0 radical (unpaired) electrons. The summed E-state index contributed by atoms with van der Waals surface area (Å²) in [6.45, 7) is -0.533. The summed E-state index contributed by atoms with van der Waals surface area (Å²) in [4.78, 5) is 43.1. The zero-order valence-corrected chi connectivity index (χ0v) is 31.6. The van der Waals surface area contributed by atoms with Crippen LogP contribution in [0.15, 0.2) is 126 Å². The molecule has 16 nitrogen and oxygen atoms in total. The molecule has 0 aliphatic carbocycles. The van der Waals surface area contributed by atoms with Crippen LogP contribution < -0.4 is 0 Å². The molecule has 6 rings (SSSR count). The quantitative estimate of drug-likeness (QED) is 0.0526. The van der Waals surface area contributed by atoms with Gasteiger partial charge in [0.1, 0.15) is 43.2 Å². The molecule has 10 atom stereocenters. The Kier molecular flexibility index (Phi) is 14.9. The number of benzene rings is 4. The SMILES string of the molecule is COC(=O)C1O[C@@H](O[C@@H]2C(COC(=O)c3ccccc3)O[C@H](OC)C(N=[N+]=[N-])[C@@H]2OCc2ccccc2)C(OC(=O)c2ccccc2)[C@H](OCc2ccccc2)[C@@H]1O. The summed E-state index contributed by atoms with van der Waals surface area (Å²) in [6.07, 6.45) is -13.2. The molecule has 0 amide bonds. The van der Waals surface area contributed by atoms with Crippen LogP contribution in [-0.4, -0.2) is 105 Å². The lowest BCUT2D eigenvalue weighted by molar-refractivity contribution is -0.347. The Balaban J connectivity index is 1.41. The van der Waals surface area contributed by atoms with Crippen LogP contribution in [0.4, 0.5) is 0 Å². The Hall–Kier alpha value is -5.68. The minimum Gasteiger partial charge on any atom is -0.467 e. The summed E-state index contributed by atoms with van der Waals surface area (Å²) >= 11 is 0. The van der Waals surface area contributed by atoms with Crippen molar-refractivity contribution in [3.8, 4) is 0 Å². The van der Waals surface area contributed by atoms with Crippen molar-refractivity contribution >= 4 is 17.9 Å². The molecule has 4 aromatic carbocycles. The van der Waals surface area contributed by atoms with Crippen LogP contribution >= 0.6 is 0 Å². The molecule has 58 heavy (non-hydrogen) atoms.